The highest BCUT2D eigenvalue weighted by molar-refractivity contribution is 8.06. The third kappa shape index (κ3) is 3.63. The number of unbranched alkanes of at least 4 members (excludes halogenated alkanes) is 2. The van der Waals surface area contributed by atoms with E-state index >= 15 is 0 Å². The highest BCUT2D eigenvalue weighted by atomic mass is 32.2. The zero-order valence-electron chi connectivity index (χ0n) is 17.8. The first kappa shape index (κ1) is 19.2. The number of benzene rings is 1. The van der Waals surface area contributed by atoms with Crippen LogP contribution in [0.1, 0.15) is 70.8 Å². The van der Waals surface area contributed by atoms with E-state index in [0.29, 0.717) is 0 Å². The molecule has 0 bridgehead atoms. The van der Waals surface area contributed by atoms with E-state index in [4.69, 9.17) is 4.99 Å². The van der Waals surface area contributed by atoms with Crippen LogP contribution in [-0.2, 0) is 0 Å². The Kier molecular flexibility index (Phi) is 5.19. The maximum absolute atomic E-state index is 5.45. The van der Waals surface area contributed by atoms with Crippen molar-refractivity contribution in [2.24, 2.45) is 10.9 Å². The highest BCUT2D eigenvalue weighted by Crippen LogP contribution is 2.49. The molecule has 3 heterocycles. The molecule has 3 aliphatic heterocycles. The summed E-state index contributed by atoms with van der Waals surface area (Å²) < 4.78 is 0. The molecular weight excluding hydrogens is 372 g/mol. The summed E-state index contributed by atoms with van der Waals surface area (Å²) in [6.45, 7) is 5.73. The summed E-state index contributed by atoms with van der Waals surface area (Å²) in [6, 6.07) is 10.9. The summed E-state index contributed by atoms with van der Waals surface area (Å²) in [4.78, 5) is 9.40. The maximum Gasteiger partial charge on any atom is 0.143 e. The molecule has 2 atom stereocenters. The minimum Gasteiger partial charge on any atom is -0.323 e. The van der Waals surface area contributed by atoms with Gasteiger partial charge in [0.25, 0.3) is 0 Å². The maximum atomic E-state index is 5.45. The summed E-state index contributed by atoms with van der Waals surface area (Å²) in [5.41, 5.74) is 5.90. The molecule has 152 valence electrons. The van der Waals surface area contributed by atoms with Gasteiger partial charge in [0.15, 0.2) is 0 Å². The molecule has 0 aromatic heterocycles. The fraction of sp³-hybridized carbons (Fsp3) is 0.500. The van der Waals surface area contributed by atoms with Gasteiger partial charge in [-0.25, -0.2) is 0 Å². The Morgan fingerprint density at radius 3 is 2.83 bits per heavy atom. The molecule has 1 aliphatic carbocycles. The number of nitrogens with zero attached hydrogens (tertiary/aromatic N) is 2. The molecule has 0 radical (unpaired) electrons. The van der Waals surface area contributed by atoms with E-state index in [9.17, 15) is 0 Å². The number of hydrogen-bond acceptors (Lipinski definition) is 3. The normalized spacial score (nSPS) is 28.3. The zero-order valence-corrected chi connectivity index (χ0v) is 18.6. The number of thioether (sulfide) groups is 1. The first-order valence-electron chi connectivity index (χ1n) is 11.4. The van der Waals surface area contributed by atoms with Gasteiger partial charge in [-0.2, -0.15) is 0 Å². The molecule has 29 heavy (non-hydrogen) atoms. The van der Waals surface area contributed by atoms with Gasteiger partial charge in [-0.05, 0) is 67.1 Å². The molecule has 1 aromatic rings. The number of hydrogen-bond donors (Lipinski definition) is 0. The Hall–Kier alpha value is -1.74. The van der Waals surface area contributed by atoms with Crippen molar-refractivity contribution in [2.75, 3.05) is 6.54 Å². The van der Waals surface area contributed by atoms with Crippen LogP contribution in [0.2, 0.25) is 0 Å². The Labute approximate surface area is 179 Å². The van der Waals surface area contributed by atoms with Gasteiger partial charge in [-0.1, -0.05) is 74.4 Å². The molecule has 0 N–H and O–H groups in total. The predicted molar refractivity (Wildman–Crippen MR) is 126 cm³/mol. The van der Waals surface area contributed by atoms with Crippen molar-refractivity contribution in [1.82, 2.24) is 4.90 Å². The summed E-state index contributed by atoms with van der Waals surface area (Å²) in [7, 11) is 0. The number of rotatable bonds is 5. The Balaban J connectivity index is 1.50. The van der Waals surface area contributed by atoms with Crippen molar-refractivity contribution >= 4 is 23.3 Å². The fourth-order valence-electron chi connectivity index (χ4n) is 5.41. The van der Waals surface area contributed by atoms with Crippen molar-refractivity contribution < 1.29 is 0 Å². The van der Waals surface area contributed by atoms with Crippen LogP contribution >= 0.6 is 11.8 Å². The van der Waals surface area contributed by atoms with Crippen molar-refractivity contribution in [3.8, 4) is 0 Å². The molecule has 2 unspecified atom stereocenters. The molecule has 1 fully saturated rings. The van der Waals surface area contributed by atoms with E-state index in [1.54, 1.807) is 5.57 Å². The molecule has 0 saturated heterocycles. The van der Waals surface area contributed by atoms with Crippen molar-refractivity contribution in [2.45, 2.75) is 70.8 Å². The molecule has 5 rings (SSSR count). The standard InChI is InChI=1S/C26H32N2S/c1-3-4-6-9-20-14-22-15-23(21-10-7-5-8-11-21)28-18-26(13-12-19(2)16-26)27-25(28)24(22)29-17-20/h5,7-8,10-11,15,17,19H,3-4,6,9,12-14,16,18H2,1-2H3. The predicted octanol–water partition coefficient (Wildman–Crippen LogP) is 7.17. The Morgan fingerprint density at radius 2 is 2.07 bits per heavy atom. The van der Waals surface area contributed by atoms with Gasteiger partial charge in [0.1, 0.15) is 5.84 Å². The van der Waals surface area contributed by atoms with Gasteiger partial charge in [-0.15, -0.1) is 0 Å². The van der Waals surface area contributed by atoms with Crippen LogP contribution in [0.5, 0.6) is 0 Å². The summed E-state index contributed by atoms with van der Waals surface area (Å²) in [6.07, 6.45) is 12.5. The third-order valence-corrected chi connectivity index (χ3v) is 8.04. The number of amidine groups is 1. The smallest absolute Gasteiger partial charge is 0.143 e. The second-order valence-corrected chi connectivity index (χ2v) is 10.3. The van der Waals surface area contributed by atoms with Crippen molar-refractivity contribution in [3.63, 3.8) is 0 Å². The monoisotopic (exact) mass is 404 g/mol. The SMILES string of the molecule is CCCCCC1=CSC2=C(C=C(c3ccccc3)N3CC4(CCC(C)C4)N=C23)C1. The molecule has 1 aromatic carbocycles. The van der Waals surface area contributed by atoms with Gasteiger partial charge in [0.05, 0.1) is 16.1 Å². The lowest BCUT2D eigenvalue weighted by atomic mass is 9.94. The molecule has 1 saturated carbocycles. The van der Waals surface area contributed by atoms with Gasteiger partial charge in [-0.3, -0.25) is 4.99 Å². The number of fused-ring (bicyclic) bond motifs is 2. The van der Waals surface area contributed by atoms with Crippen LogP contribution in [0, 0.1) is 5.92 Å². The lowest BCUT2D eigenvalue weighted by Crippen LogP contribution is -2.35. The van der Waals surface area contributed by atoms with E-state index in [-0.39, 0.29) is 5.54 Å². The van der Waals surface area contributed by atoms with Crippen LogP contribution in [-0.4, -0.2) is 22.8 Å². The molecule has 2 nitrogen and oxygen atoms in total. The van der Waals surface area contributed by atoms with E-state index < -0.39 is 0 Å². The fourth-order valence-corrected chi connectivity index (χ4v) is 6.44. The second-order valence-electron chi connectivity index (χ2n) is 9.37. The molecule has 0 amide bonds. The van der Waals surface area contributed by atoms with Crippen molar-refractivity contribution in [3.05, 3.63) is 63.4 Å². The first-order valence-corrected chi connectivity index (χ1v) is 12.3. The summed E-state index contributed by atoms with van der Waals surface area (Å²) in [5, 5.41) is 2.43. The zero-order chi connectivity index (χ0) is 19.8. The quantitative estimate of drug-likeness (QED) is 0.483. The van der Waals surface area contributed by atoms with Crippen LogP contribution in [0.25, 0.3) is 5.70 Å². The van der Waals surface area contributed by atoms with Crippen LogP contribution in [0.15, 0.2) is 62.9 Å². The average Bonchev–Trinajstić information content (AvgIpc) is 3.30. The Bertz CT molecular complexity index is 908. The van der Waals surface area contributed by atoms with E-state index in [1.807, 2.05) is 11.8 Å². The lowest BCUT2D eigenvalue weighted by molar-refractivity contribution is 0.393. The average molecular weight is 405 g/mol. The van der Waals surface area contributed by atoms with Crippen LogP contribution < -0.4 is 0 Å². The molecule has 4 aliphatic rings. The van der Waals surface area contributed by atoms with Crippen molar-refractivity contribution in [1.29, 1.82) is 0 Å². The van der Waals surface area contributed by atoms with E-state index in [2.05, 4.69) is 60.6 Å². The topological polar surface area (TPSA) is 15.6 Å². The largest absolute Gasteiger partial charge is 0.323 e. The molecule has 3 heteroatoms. The molecule has 1 spiro atoms. The number of allylic oxidation sites excluding steroid dienone is 3. The minimum absolute atomic E-state index is 0.136. The van der Waals surface area contributed by atoms with E-state index in [1.165, 1.54) is 72.5 Å². The lowest BCUT2D eigenvalue weighted by Gasteiger charge is -2.33. The second kappa shape index (κ2) is 7.83. The summed E-state index contributed by atoms with van der Waals surface area (Å²) >= 11 is 1.93. The van der Waals surface area contributed by atoms with Gasteiger partial charge in [0.2, 0.25) is 0 Å². The first-order chi connectivity index (χ1) is 14.2. The number of aliphatic imine (C=N–C) groups is 1. The Morgan fingerprint density at radius 1 is 1.21 bits per heavy atom. The van der Waals surface area contributed by atoms with Crippen LogP contribution in [0.3, 0.4) is 0 Å². The molecular formula is C26H32N2S. The minimum atomic E-state index is 0.136. The van der Waals surface area contributed by atoms with Gasteiger partial charge >= 0.3 is 0 Å². The summed E-state index contributed by atoms with van der Waals surface area (Å²) in [5.74, 6) is 2.05. The van der Waals surface area contributed by atoms with Gasteiger partial charge in [0, 0.05) is 6.54 Å². The van der Waals surface area contributed by atoms with Gasteiger partial charge < -0.3 is 4.90 Å². The van der Waals surface area contributed by atoms with E-state index in [0.717, 1.165) is 18.9 Å². The third-order valence-electron chi connectivity index (χ3n) is 6.91. The highest BCUT2D eigenvalue weighted by Gasteiger charge is 2.47. The van der Waals surface area contributed by atoms with Crippen LogP contribution in [0.4, 0.5) is 0 Å².